The summed E-state index contributed by atoms with van der Waals surface area (Å²) in [4.78, 5) is 13.8. The van der Waals surface area contributed by atoms with Crippen LogP contribution in [0.1, 0.15) is 32.6 Å². The lowest BCUT2D eigenvalue weighted by Gasteiger charge is -2.35. The summed E-state index contributed by atoms with van der Waals surface area (Å²) in [5, 5.41) is 0. The molecule has 1 rings (SSSR count). The van der Waals surface area contributed by atoms with Gasteiger partial charge >= 0.3 is 0 Å². The van der Waals surface area contributed by atoms with Gasteiger partial charge < -0.3 is 9.64 Å². The first-order chi connectivity index (χ1) is 8.94. The van der Waals surface area contributed by atoms with Crippen LogP contribution < -0.4 is 4.72 Å². The maximum atomic E-state index is 12.0. The van der Waals surface area contributed by atoms with Crippen molar-refractivity contribution in [3.8, 4) is 0 Å². The Morgan fingerprint density at radius 2 is 2.16 bits per heavy atom. The van der Waals surface area contributed by atoms with Crippen LogP contribution >= 0.6 is 0 Å². The lowest BCUT2D eigenvalue weighted by atomic mass is 9.99. The minimum Gasteiger partial charge on any atom is -0.372 e. The molecule has 0 spiro atoms. The molecule has 1 saturated heterocycles. The van der Waals surface area contributed by atoms with Gasteiger partial charge in [-0.25, -0.2) is 13.1 Å². The lowest BCUT2D eigenvalue weighted by molar-refractivity contribution is -0.139. The normalized spacial score (nSPS) is 20.5. The monoisotopic (exact) mass is 292 g/mol. The second-order valence-electron chi connectivity index (χ2n) is 4.83. The van der Waals surface area contributed by atoms with Gasteiger partial charge in [0.1, 0.15) is 6.61 Å². The van der Waals surface area contributed by atoms with Crippen LogP contribution in [0.3, 0.4) is 0 Å². The predicted molar refractivity (Wildman–Crippen MR) is 73.3 cm³/mol. The summed E-state index contributed by atoms with van der Waals surface area (Å²) in [6.45, 7) is 3.63. The van der Waals surface area contributed by atoms with Crippen molar-refractivity contribution in [3.63, 3.8) is 0 Å². The third kappa shape index (κ3) is 6.35. The maximum absolute atomic E-state index is 12.0. The molecule has 1 aliphatic heterocycles. The van der Waals surface area contributed by atoms with E-state index in [9.17, 15) is 13.2 Å². The largest absolute Gasteiger partial charge is 0.372 e. The molecule has 1 fully saturated rings. The van der Waals surface area contributed by atoms with Crippen molar-refractivity contribution >= 4 is 15.9 Å². The van der Waals surface area contributed by atoms with Gasteiger partial charge in [-0.3, -0.25) is 4.79 Å². The van der Waals surface area contributed by atoms with Crippen molar-refractivity contribution < 1.29 is 17.9 Å². The van der Waals surface area contributed by atoms with E-state index in [4.69, 9.17) is 4.74 Å². The van der Waals surface area contributed by atoms with Crippen LogP contribution in [0.2, 0.25) is 0 Å². The van der Waals surface area contributed by atoms with E-state index >= 15 is 0 Å². The van der Waals surface area contributed by atoms with E-state index in [0.717, 1.165) is 32.1 Å². The smallest absolute Gasteiger partial charge is 0.248 e. The van der Waals surface area contributed by atoms with E-state index in [1.54, 1.807) is 0 Å². The molecule has 0 aromatic carbocycles. The SMILES string of the molecule is CCOCC(=O)N1CCCCC1CCNS(C)(=O)=O. The molecular formula is C12H24N2O4S. The van der Waals surface area contributed by atoms with Crippen LogP contribution in [0.4, 0.5) is 0 Å². The topological polar surface area (TPSA) is 75.7 Å². The first kappa shape index (κ1) is 16.4. The first-order valence-corrected chi connectivity index (χ1v) is 8.65. The van der Waals surface area contributed by atoms with Crippen molar-refractivity contribution in [3.05, 3.63) is 0 Å². The van der Waals surface area contributed by atoms with Crippen LogP contribution in [0.25, 0.3) is 0 Å². The highest BCUT2D eigenvalue weighted by molar-refractivity contribution is 7.88. The number of piperidine rings is 1. The van der Waals surface area contributed by atoms with E-state index in [0.29, 0.717) is 19.6 Å². The molecule has 0 aliphatic carbocycles. The van der Waals surface area contributed by atoms with E-state index in [2.05, 4.69) is 4.72 Å². The summed E-state index contributed by atoms with van der Waals surface area (Å²) in [5.74, 6) is 0.00547. The number of rotatable bonds is 7. The fourth-order valence-corrected chi connectivity index (χ4v) is 2.80. The number of sulfonamides is 1. The van der Waals surface area contributed by atoms with Crippen molar-refractivity contribution in [2.45, 2.75) is 38.6 Å². The van der Waals surface area contributed by atoms with Gasteiger partial charge in [0.05, 0.1) is 6.26 Å². The molecule has 0 radical (unpaired) electrons. The Labute approximate surface area is 115 Å². The molecule has 1 N–H and O–H groups in total. The predicted octanol–water partition coefficient (Wildman–Crippen LogP) is 0.343. The van der Waals surface area contributed by atoms with Crippen molar-refractivity contribution in [1.82, 2.24) is 9.62 Å². The zero-order valence-corrected chi connectivity index (χ0v) is 12.5. The summed E-state index contributed by atoms with van der Waals surface area (Å²) in [5.41, 5.74) is 0. The second kappa shape index (κ2) is 7.81. The van der Waals surface area contributed by atoms with E-state index < -0.39 is 10.0 Å². The molecule has 19 heavy (non-hydrogen) atoms. The number of hydrogen-bond donors (Lipinski definition) is 1. The molecule has 112 valence electrons. The van der Waals surface area contributed by atoms with Gasteiger partial charge in [0.2, 0.25) is 15.9 Å². The highest BCUT2D eigenvalue weighted by Crippen LogP contribution is 2.19. The molecule has 1 atom stereocenters. The summed E-state index contributed by atoms with van der Waals surface area (Å²) in [6, 6.07) is 0.121. The fourth-order valence-electron chi connectivity index (χ4n) is 2.31. The number of carbonyl (C=O) groups excluding carboxylic acids is 1. The average molecular weight is 292 g/mol. The molecule has 7 heteroatoms. The molecule has 6 nitrogen and oxygen atoms in total. The molecule has 0 aromatic heterocycles. The Morgan fingerprint density at radius 1 is 1.42 bits per heavy atom. The van der Waals surface area contributed by atoms with Gasteiger partial charge in [-0.1, -0.05) is 0 Å². The van der Waals surface area contributed by atoms with E-state index in [1.165, 1.54) is 0 Å². The van der Waals surface area contributed by atoms with Gasteiger partial charge in [0.25, 0.3) is 0 Å². The number of nitrogens with one attached hydrogen (secondary N) is 1. The Balaban J connectivity index is 2.45. The van der Waals surface area contributed by atoms with Gasteiger partial charge in [-0.2, -0.15) is 0 Å². The van der Waals surface area contributed by atoms with Gasteiger partial charge in [0, 0.05) is 25.7 Å². The third-order valence-electron chi connectivity index (χ3n) is 3.22. The highest BCUT2D eigenvalue weighted by Gasteiger charge is 2.26. The molecule has 1 amide bonds. The Morgan fingerprint density at radius 3 is 2.79 bits per heavy atom. The first-order valence-electron chi connectivity index (χ1n) is 6.76. The van der Waals surface area contributed by atoms with Crippen LogP contribution in [-0.4, -0.2) is 57.8 Å². The van der Waals surface area contributed by atoms with Crippen molar-refractivity contribution in [2.24, 2.45) is 0 Å². The number of nitrogens with zero attached hydrogens (tertiary/aromatic N) is 1. The fraction of sp³-hybridized carbons (Fsp3) is 0.917. The molecule has 1 heterocycles. The van der Waals surface area contributed by atoms with Crippen LogP contribution in [0.15, 0.2) is 0 Å². The quantitative estimate of drug-likeness (QED) is 0.734. The maximum Gasteiger partial charge on any atom is 0.248 e. The zero-order valence-electron chi connectivity index (χ0n) is 11.7. The van der Waals surface area contributed by atoms with Crippen molar-refractivity contribution in [2.75, 3.05) is 32.6 Å². The zero-order chi connectivity index (χ0) is 14.3. The third-order valence-corrected chi connectivity index (χ3v) is 3.95. The lowest BCUT2D eigenvalue weighted by Crippen LogP contribution is -2.46. The summed E-state index contributed by atoms with van der Waals surface area (Å²) in [6.07, 6.45) is 4.83. The minimum absolute atomic E-state index is 0.00547. The molecule has 0 aromatic rings. The molecule has 1 aliphatic rings. The van der Waals surface area contributed by atoms with E-state index in [1.807, 2.05) is 11.8 Å². The Hall–Kier alpha value is -0.660. The Kier molecular flexibility index (Phi) is 6.74. The summed E-state index contributed by atoms with van der Waals surface area (Å²) in [7, 11) is -3.15. The van der Waals surface area contributed by atoms with Crippen molar-refractivity contribution in [1.29, 1.82) is 0 Å². The Bertz CT molecular complexity index is 383. The molecular weight excluding hydrogens is 268 g/mol. The highest BCUT2D eigenvalue weighted by atomic mass is 32.2. The standard InChI is InChI=1S/C12H24N2O4S/c1-3-18-10-12(15)14-9-5-4-6-11(14)7-8-13-19(2,16)17/h11,13H,3-10H2,1-2H3. The number of carbonyl (C=O) groups is 1. The summed E-state index contributed by atoms with van der Waals surface area (Å²) >= 11 is 0. The number of likely N-dealkylation sites (tertiary alicyclic amines) is 1. The minimum atomic E-state index is -3.15. The van der Waals surface area contributed by atoms with Gasteiger partial charge in [-0.05, 0) is 32.6 Å². The van der Waals surface area contributed by atoms with Gasteiger partial charge in [-0.15, -0.1) is 0 Å². The summed E-state index contributed by atoms with van der Waals surface area (Å²) < 4.78 is 29.7. The molecule has 0 bridgehead atoms. The van der Waals surface area contributed by atoms with Crippen LogP contribution in [0.5, 0.6) is 0 Å². The molecule has 0 saturated carbocycles. The number of amides is 1. The second-order valence-corrected chi connectivity index (χ2v) is 6.66. The van der Waals surface area contributed by atoms with E-state index in [-0.39, 0.29) is 18.6 Å². The average Bonchev–Trinajstić information content (AvgIpc) is 2.35. The molecule has 1 unspecified atom stereocenters. The van der Waals surface area contributed by atoms with Crippen LogP contribution in [0, 0.1) is 0 Å². The number of hydrogen-bond acceptors (Lipinski definition) is 4. The number of ether oxygens (including phenoxy) is 1. The van der Waals surface area contributed by atoms with Crippen LogP contribution in [-0.2, 0) is 19.6 Å². The van der Waals surface area contributed by atoms with Gasteiger partial charge in [0.15, 0.2) is 0 Å².